The Bertz CT molecular complexity index is 653. The predicted octanol–water partition coefficient (Wildman–Crippen LogP) is 3.35. The first-order valence-corrected chi connectivity index (χ1v) is 8.37. The minimum absolute atomic E-state index is 0.162. The van der Waals surface area contributed by atoms with Gasteiger partial charge in [0.25, 0.3) is 5.91 Å². The number of rotatable bonds is 5. The van der Waals surface area contributed by atoms with Gasteiger partial charge in [0.2, 0.25) is 0 Å². The lowest BCUT2D eigenvalue weighted by molar-refractivity contribution is 0.0526. The molecule has 0 radical (unpaired) electrons. The SMILES string of the molecule is CSc1ccc(C)c(C(=O)NCC(C)(O)c2ccccc2)c1. The maximum Gasteiger partial charge on any atom is 0.251 e. The van der Waals surface area contributed by atoms with Gasteiger partial charge in [-0.1, -0.05) is 36.4 Å². The average molecular weight is 315 g/mol. The molecule has 0 saturated heterocycles. The Hall–Kier alpha value is -1.78. The quantitative estimate of drug-likeness (QED) is 0.832. The molecule has 2 rings (SSSR count). The van der Waals surface area contributed by atoms with E-state index in [0.29, 0.717) is 5.56 Å². The lowest BCUT2D eigenvalue weighted by Gasteiger charge is -2.24. The summed E-state index contributed by atoms with van der Waals surface area (Å²) in [7, 11) is 0. The molecule has 0 bridgehead atoms. The molecule has 1 unspecified atom stereocenters. The highest BCUT2D eigenvalue weighted by Crippen LogP contribution is 2.21. The summed E-state index contributed by atoms with van der Waals surface area (Å²) < 4.78 is 0. The van der Waals surface area contributed by atoms with E-state index in [4.69, 9.17) is 0 Å². The van der Waals surface area contributed by atoms with Crippen LogP contribution in [0.25, 0.3) is 0 Å². The first kappa shape index (κ1) is 16.6. The molecule has 1 atom stereocenters. The Morgan fingerprint density at radius 2 is 1.91 bits per heavy atom. The molecule has 1 amide bonds. The van der Waals surface area contributed by atoms with Crippen LogP contribution in [0.5, 0.6) is 0 Å². The highest BCUT2D eigenvalue weighted by atomic mass is 32.2. The van der Waals surface area contributed by atoms with Gasteiger partial charge in [0.1, 0.15) is 5.60 Å². The van der Waals surface area contributed by atoms with Crippen molar-refractivity contribution in [3.63, 3.8) is 0 Å². The van der Waals surface area contributed by atoms with Crippen LogP contribution in [0.4, 0.5) is 0 Å². The summed E-state index contributed by atoms with van der Waals surface area (Å²) >= 11 is 1.60. The largest absolute Gasteiger partial charge is 0.384 e. The Morgan fingerprint density at radius 3 is 2.55 bits per heavy atom. The summed E-state index contributed by atoms with van der Waals surface area (Å²) in [4.78, 5) is 13.4. The zero-order valence-electron chi connectivity index (χ0n) is 13.1. The number of carbonyl (C=O) groups excluding carboxylic acids is 1. The van der Waals surface area contributed by atoms with E-state index in [2.05, 4.69) is 5.32 Å². The van der Waals surface area contributed by atoms with Gasteiger partial charge in [0.15, 0.2) is 0 Å². The van der Waals surface area contributed by atoms with Crippen LogP contribution in [0, 0.1) is 6.92 Å². The first-order chi connectivity index (χ1) is 10.4. The summed E-state index contributed by atoms with van der Waals surface area (Å²) in [5, 5.41) is 13.4. The smallest absolute Gasteiger partial charge is 0.251 e. The number of thioether (sulfide) groups is 1. The Balaban J connectivity index is 2.10. The molecule has 2 aromatic rings. The predicted molar refractivity (Wildman–Crippen MR) is 91.3 cm³/mol. The first-order valence-electron chi connectivity index (χ1n) is 7.15. The summed E-state index contributed by atoms with van der Waals surface area (Å²) in [6.45, 7) is 3.78. The van der Waals surface area contributed by atoms with Crippen molar-refractivity contribution in [3.05, 3.63) is 65.2 Å². The summed E-state index contributed by atoms with van der Waals surface area (Å²) in [5.41, 5.74) is 1.26. The van der Waals surface area contributed by atoms with E-state index in [1.54, 1.807) is 18.7 Å². The van der Waals surface area contributed by atoms with Crippen LogP contribution in [-0.2, 0) is 5.60 Å². The summed E-state index contributed by atoms with van der Waals surface area (Å²) in [6, 6.07) is 15.2. The minimum Gasteiger partial charge on any atom is -0.384 e. The van der Waals surface area contributed by atoms with Gasteiger partial charge in [0, 0.05) is 10.5 Å². The molecule has 0 aliphatic heterocycles. The van der Waals surface area contributed by atoms with Crippen LogP contribution in [0.2, 0.25) is 0 Å². The molecule has 22 heavy (non-hydrogen) atoms. The molecule has 0 aliphatic carbocycles. The van der Waals surface area contributed by atoms with Crippen molar-refractivity contribution in [2.45, 2.75) is 24.3 Å². The molecule has 0 aromatic heterocycles. The second-order valence-corrected chi connectivity index (χ2v) is 6.38. The van der Waals surface area contributed by atoms with Crippen LogP contribution < -0.4 is 5.32 Å². The van der Waals surface area contributed by atoms with Crippen LogP contribution in [0.15, 0.2) is 53.4 Å². The summed E-state index contributed by atoms with van der Waals surface area (Å²) in [6.07, 6.45) is 1.98. The van der Waals surface area contributed by atoms with Gasteiger partial charge in [-0.25, -0.2) is 0 Å². The fourth-order valence-electron chi connectivity index (χ4n) is 2.22. The van der Waals surface area contributed by atoms with Gasteiger partial charge in [-0.05, 0) is 43.4 Å². The van der Waals surface area contributed by atoms with E-state index in [0.717, 1.165) is 16.0 Å². The third-order valence-electron chi connectivity index (χ3n) is 3.68. The number of benzene rings is 2. The Kier molecular flexibility index (Phi) is 5.27. The van der Waals surface area contributed by atoms with Gasteiger partial charge < -0.3 is 10.4 Å². The molecular formula is C18H21NO2S. The van der Waals surface area contributed by atoms with Crippen molar-refractivity contribution in [1.82, 2.24) is 5.32 Å². The summed E-state index contributed by atoms with van der Waals surface area (Å²) in [5.74, 6) is -0.162. The fourth-order valence-corrected chi connectivity index (χ4v) is 2.66. The molecule has 116 valence electrons. The van der Waals surface area contributed by atoms with Gasteiger partial charge in [-0.2, -0.15) is 0 Å². The highest BCUT2D eigenvalue weighted by Gasteiger charge is 2.24. The number of aliphatic hydroxyl groups is 1. The number of nitrogens with one attached hydrogen (secondary N) is 1. The van der Waals surface area contributed by atoms with E-state index in [9.17, 15) is 9.90 Å². The molecule has 3 nitrogen and oxygen atoms in total. The minimum atomic E-state index is -1.10. The number of carbonyl (C=O) groups is 1. The Labute approximate surface area is 135 Å². The Morgan fingerprint density at radius 1 is 1.23 bits per heavy atom. The van der Waals surface area contributed by atoms with Crippen molar-refractivity contribution < 1.29 is 9.90 Å². The van der Waals surface area contributed by atoms with Gasteiger partial charge in [-0.15, -0.1) is 11.8 Å². The second kappa shape index (κ2) is 6.99. The maximum absolute atomic E-state index is 12.4. The van der Waals surface area contributed by atoms with E-state index >= 15 is 0 Å². The number of amides is 1. The third-order valence-corrected chi connectivity index (χ3v) is 4.40. The van der Waals surface area contributed by atoms with Crippen LogP contribution in [0.1, 0.15) is 28.4 Å². The van der Waals surface area contributed by atoms with Crippen LogP contribution in [-0.4, -0.2) is 23.8 Å². The average Bonchev–Trinajstić information content (AvgIpc) is 2.54. The van der Waals surface area contributed by atoms with E-state index in [-0.39, 0.29) is 12.5 Å². The van der Waals surface area contributed by atoms with Crippen molar-refractivity contribution in [2.75, 3.05) is 12.8 Å². The van der Waals surface area contributed by atoms with Crippen LogP contribution >= 0.6 is 11.8 Å². The monoisotopic (exact) mass is 315 g/mol. The topological polar surface area (TPSA) is 49.3 Å². The molecule has 0 saturated carbocycles. The van der Waals surface area contributed by atoms with Crippen LogP contribution in [0.3, 0.4) is 0 Å². The zero-order valence-corrected chi connectivity index (χ0v) is 13.9. The van der Waals surface area contributed by atoms with Crippen molar-refractivity contribution in [1.29, 1.82) is 0 Å². The molecule has 0 fully saturated rings. The third kappa shape index (κ3) is 3.90. The zero-order chi connectivity index (χ0) is 16.2. The highest BCUT2D eigenvalue weighted by molar-refractivity contribution is 7.98. The van der Waals surface area contributed by atoms with Gasteiger partial charge in [-0.3, -0.25) is 4.79 Å². The number of hydrogen-bond donors (Lipinski definition) is 2. The molecule has 2 aromatic carbocycles. The second-order valence-electron chi connectivity index (χ2n) is 5.50. The maximum atomic E-state index is 12.4. The van der Waals surface area contributed by atoms with Crippen molar-refractivity contribution >= 4 is 17.7 Å². The van der Waals surface area contributed by atoms with Gasteiger partial charge in [0.05, 0.1) is 6.54 Å². The number of aryl methyl sites for hydroxylation is 1. The molecule has 0 heterocycles. The standard InChI is InChI=1S/C18H21NO2S/c1-13-9-10-15(22-3)11-16(13)17(20)19-12-18(2,21)14-7-5-4-6-8-14/h4-11,21H,12H2,1-3H3,(H,19,20). The molecule has 4 heteroatoms. The molecule has 0 spiro atoms. The van der Waals surface area contributed by atoms with E-state index in [1.165, 1.54) is 0 Å². The molecular weight excluding hydrogens is 294 g/mol. The lowest BCUT2D eigenvalue weighted by atomic mass is 9.96. The number of hydrogen-bond acceptors (Lipinski definition) is 3. The lowest BCUT2D eigenvalue weighted by Crippen LogP contribution is -2.38. The van der Waals surface area contributed by atoms with E-state index < -0.39 is 5.60 Å². The van der Waals surface area contributed by atoms with Gasteiger partial charge >= 0.3 is 0 Å². The van der Waals surface area contributed by atoms with E-state index in [1.807, 2.05) is 61.7 Å². The van der Waals surface area contributed by atoms with Crippen molar-refractivity contribution in [2.24, 2.45) is 0 Å². The van der Waals surface area contributed by atoms with Crippen molar-refractivity contribution in [3.8, 4) is 0 Å². The molecule has 2 N–H and O–H groups in total. The fraction of sp³-hybridized carbons (Fsp3) is 0.278. The molecule has 0 aliphatic rings. The normalized spacial score (nSPS) is 13.5.